The van der Waals surface area contributed by atoms with Crippen LogP contribution in [0.5, 0.6) is 0 Å². The third-order valence-electron chi connectivity index (χ3n) is 9.85. The quantitative estimate of drug-likeness (QED) is 0.156. The highest BCUT2D eigenvalue weighted by atomic mass is 32.1. The summed E-state index contributed by atoms with van der Waals surface area (Å²) in [6.07, 6.45) is -1.97. The van der Waals surface area contributed by atoms with E-state index in [4.69, 9.17) is 9.16 Å². The van der Waals surface area contributed by atoms with Crippen molar-refractivity contribution >= 4 is 30.0 Å². The van der Waals surface area contributed by atoms with Crippen LogP contribution in [-0.4, -0.2) is 43.4 Å². The average Bonchev–Trinajstić information content (AvgIpc) is 3.55. The van der Waals surface area contributed by atoms with Gasteiger partial charge in [-0.25, -0.2) is 4.39 Å². The van der Waals surface area contributed by atoms with Crippen LogP contribution >= 0.6 is 11.3 Å². The van der Waals surface area contributed by atoms with E-state index in [0.29, 0.717) is 0 Å². The minimum absolute atomic E-state index is 0.194. The largest absolute Gasteiger partial charge is 0.399 e. The summed E-state index contributed by atoms with van der Waals surface area (Å²) in [5.74, 6) is -0.580. The summed E-state index contributed by atoms with van der Waals surface area (Å²) in [6, 6.07) is 38.1. The Hall–Kier alpha value is -3.43. The van der Waals surface area contributed by atoms with Gasteiger partial charge in [-0.05, 0) is 68.9 Å². The van der Waals surface area contributed by atoms with Gasteiger partial charge >= 0.3 is 0 Å². The molecule has 1 aromatic heterocycles. The third kappa shape index (κ3) is 6.73. The normalized spacial score (nSPS) is 21.7. The predicted molar refractivity (Wildman–Crippen MR) is 196 cm³/mol. The van der Waals surface area contributed by atoms with Crippen LogP contribution in [0.2, 0.25) is 5.04 Å². The molecule has 6 rings (SSSR count). The van der Waals surface area contributed by atoms with Crippen molar-refractivity contribution in [2.45, 2.75) is 70.5 Å². The number of hydrogen-bond acceptors (Lipinski definition) is 5. The summed E-state index contributed by atoms with van der Waals surface area (Å²) in [5.41, 5.74) is 4.22. The van der Waals surface area contributed by atoms with Crippen LogP contribution in [0.25, 0.3) is 10.4 Å². The molecule has 0 saturated carbocycles. The Labute approximate surface area is 289 Å². The molecule has 4 aromatic carbocycles. The Balaban J connectivity index is 1.41. The van der Waals surface area contributed by atoms with E-state index >= 15 is 0 Å². The van der Waals surface area contributed by atoms with Crippen molar-refractivity contribution in [1.82, 2.24) is 0 Å². The van der Waals surface area contributed by atoms with E-state index in [-0.39, 0.29) is 23.4 Å². The summed E-state index contributed by atoms with van der Waals surface area (Å²) in [4.78, 5) is 2.29. The van der Waals surface area contributed by atoms with Gasteiger partial charge in [-0.2, -0.15) is 0 Å². The standard InChI is InChI=1S/C41H45FO4SSi/c1-27-16-17-30(24-31(27)25-33-22-23-37(47-33)29-18-20-32(42)21-19-29)39-40(38(44)28(2)36(26-43)45-39)46-48(41(3,4)5,34-12-8-6-9-13-34)35-14-10-7-11-15-35/h6-24,28,36,38-40,43-44H,25-26H2,1-5H3/t28-,36-,38+,39?,40-/m1/s1. The molecule has 5 aromatic rings. The summed E-state index contributed by atoms with van der Waals surface area (Å²) < 4.78 is 27.8. The number of aliphatic hydroxyl groups is 2. The Kier molecular flexibility index (Phi) is 10.2. The minimum atomic E-state index is -3.06. The number of hydrogen-bond donors (Lipinski definition) is 2. The second-order valence-corrected chi connectivity index (χ2v) is 19.4. The molecule has 0 amide bonds. The van der Waals surface area contributed by atoms with Crippen LogP contribution in [0.1, 0.15) is 55.4 Å². The molecule has 1 unspecified atom stereocenters. The van der Waals surface area contributed by atoms with Gasteiger partial charge in [0.15, 0.2) is 0 Å². The van der Waals surface area contributed by atoms with Gasteiger partial charge in [0, 0.05) is 22.1 Å². The number of aryl methyl sites for hydroxylation is 1. The molecule has 1 aliphatic heterocycles. The lowest BCUT2D eigenvalue weighted by Gasteiger charge is -2.51. The molecule has 2 heterocycles. The average molecular weight is 681 g/mol. The highest BCUT2D eigenvalue weighted by molar-refractivity contribution is 7.15. The van der Waals surface area contributed by atoms with E-state index in [2.05, 4.69) is 107 Å². The molecule has 0 bridgehead atoms. The Bertz CT molecular complexity index is 1760. The molecule has 1 saturated heterocycles. The molecule has 1 fully saturated rings. The van der Waals surface area contributed by atoms with Crippen LogP contribution in [0, 0.1) is 18.7 Å². The molecular weight excluding hydrogens is 636 g/mol. The SMILES string of the molecule is Cc1ccc(C2O[C@H](CO)[C@@H](C)[C@H](O)[C@H]2O[Si](c2ccccc2)(c2ccccc2)C(C)(C)C)cc1Cc1ccc(-c2ccc(F)cc2)s1. The third-order valence-corrected chi connectivity index (χ3v) is 16.0. The van der Waals surface area contributed by atoms with Crippen molar-refractivity contribution in [2.24, 2.45) is 5.92 Å². The van der Waals surface area contributed by atoms with Gasteiger partial charge in [-0.1, -0.05) is 119 Å². The van der Waals surface area contributed by atoms with Crippen molar-refractivity contribution < 1.29 is 23.8 Å². The van der Waals surface area contributed by atoms with E-state index in [9.17, 15) is 14.6 Å². The first-order valence-corrected chi connectivity index (χ1v) is 19.4. The fourth-order valence-corrected chi connectivity index (χ4v) is 12.8. The van der Waals surface area contributed by atoms with E-state index in [1.54, 1.807) is 11.3 Å². The second kappa shape index (κ2) is 14.2. The zero-order chi connectivity index (χ0) is 34.1. The lowest BCUT2D eigenvalue weighted by Crippen LogP contribution is -2.70. The molecule has 5 atom stereocenters. The van der Waals surface area contributed by atoms with Crippen LogP contribution in [0.4, 0.5) is 4.39 Å². The molecule has 4 nitrogen and oxygen atoms in total. The number of benzene rings is 4. The molecule has 48 heavy (non-hydrogen) atoms. The minimum Gasteiger partial charge on any atom is -0.399 e. The van der Waals surface area contributed by atoms with E-state index in [1.165, 1.54) is 17.0 Å². The van der Waals surface area contributed by atoms with E-state index in [1.807, 2.05) is 31.2 Å². The highest BCUT2D eigenvalue weighted by Crippen LogP contribution is 2.44. The van der Waals surface area contributed by atoms with E-state index in [0.717, 1.165) is 43.9 Å². The van der Waals surface area contributed by atoms with Crippen molar-refractivity contribution in [3.8, 4) is 10.4 Å². The van der Waals surface area contributed by atoms with Crippen LogP contribution in [0.3, 0.4) is 0 Å². The van der Waals surface area contributed by atoms with Crippen LogP contribution < -0.4 is 10.4 Å². The smallest absolute Gasteiger partial charge is 0.261 e. The van der Waals surface area contributed by atoms with Crippen molar-refractivity contribution in [3.63, 3.8) is 0 Å². The molecule has 7 heteroatoms. The Morgan fingerprint density at radius 3 is 2.06 bits per heavy atom. The summed E-state index contributed by atoms with van der Waals surface area (Å²) >= 11 is 1.70. The van der Waals surface area contributed by atoms with Crippen molar-refractivity contribution in [2.75, 3.05) is 6.61 Å². The van der Waals surface area contributed by atoms with Gasteiger partial charge in [0.05, 0.1) is 18.8 Å². The Morgan fingerprint density at radius 1 is 0.854 bits per heavy atom. The predicted octanol–water partition coefficient (Wildman–Crippen LogP) is 7.83. The summed E-state index contributed by atoms with van der Waals surface area (Å²) in [5, 5.41) is 24.4. The molecular formula is C41H45FO4SSi. The molecule has 0 aliphatic carbocycles. The zero-order valence-corrected chi connectivity index (χ0v) is 30.1. The monoisotopic (exact) mass is 680 g/mol. The van der Waals surface area contributed by atoms with Crippen molar-refractivity contribution in [3.05, 3.63) is 143 Å². The maximum absolute atomic E-state index is 13.5. The lowest BCUT2D eigenvalue weighted by atomic mass is 9.85. The molecule has 1 aliphatic rings. The maximum atomic E-state index is 13.5. The first-order valence-electron chi connectivity index (χ1n) is 16.7. The fraction of sp³-hybridized carbons (Fsp3) is 0.317. The topological polar surface area (TPSA) is 58.9 Å². The molecule has 0 spiro atoms. The zero-order valence-electron chi connectivity index (χ0n) is 28.3. The maximum Gasteiger partial charge on any atom is 0.261 e. The van der Waals surface area contributed by atoms with Gasteiger partial charge < -0.3 is 19.4 Å². The van der Waals surface area contributed by atoms with Crippen molar-refractivity contribution in [1.29, 1.82) is 0 Å². The van der Waals surface area contributed by atoms with Crippen LogP contribution in [0.15, 0.2) is 115 Å². The Morgan fingerprint density at radius 2 is 1.48 bits per heavy atom. The van der Waals surface area contributed by atoms with Gasteiger partial charge in [-0.3, -0.25) is 0 Å². The lowest BCUT2D eigenvalue weighted by molar-refractivity contribution is -0.201. The first kappa shape index (κ1) is 34.4. The summed E-state index contributed by atoms with van der Waals surface area (Å²) in [6.45, 7) is 10.5. The number of halogens is 1. The summed E-state index contributed by atoms with van der Waals surface area (Å²) in [7, 11) is -3.06. The fourth-order valence-electron chi connectivity index (χ4n) is 7.08. The first-order chi connectivity index (χ1) is 23.0. The van der Waals surface area contributed by atoms with Gasteiger partial charge in [0.2, 0.25) is 0 Å². The molecule has 250 valence electrons. The van der Waals surface area contributed by atoms with E-state index < -0.39 is 32.7 Å². The number of ether oxygens (including phenoxy) is 1. The second-order valence-electron chi connectivity index (χ2n) is 14.0. The molecule has 0 radical (unpaired) electrons. The van der Waals surface area contributed by atoms with Gasteiger partial charge in [0.25, 0.3) is 8.32 Å². The number of rotatable bonds is 9. The van der Waals surface area contributed by atoms with Gasteiger partial charge in [-0.15, -0.1) is 11.3 Å². The number of aliphatic hydroxyl groups excluding tert-OH is 2. The van der Waals surface area contributed by atoms with Gasteiger partial charge in [0.1, 0.15) is 18.0 Å². The van der Waals surface area contributed by atoms with Crippen LogP contribution in [-0.2, 0) is 15.6 Å². The highest BCUT2D eigenvalue weighted by Gasteiger charge is 2.55. The molecule has 2 N–H and O–H groups in total. The number of thiophene rings is 1.